The normalized spacial score (nSPS) is 14.2. The van der Waals surface area contributed by atoms with Gasteiger partial charge in [-0.2, -0.15) is 0 Å². The number of aryl methyl sites for hydroxylation is 1. The average Bonchev–Trinajstić information content (AvgIpc) is 3.09. The van der Waals surface area contributed by atoms with Crippen LogP contribution in [0.25, 0.3) is 16.6 Å². The standard InChI is InChI=1S/C27H47N5O/c1-21(2)11-8-12-22(3)13-9-14-23(4)15-10-16-24(5)17-18-32-20-31(6)27-25(32)26(30-33-7)28-19-29-27/h17,19-23H,8-16,18H2,1-7H3/b24-17+. The molecule has 2 heterocycles. The largest absolute Gasteiger partial charge is 0.407 e. The van der Waals surface area contributed by atoms with Gasteiger partial charge < -0.3 is 15.3 Å². The van der Waals surface area contributed by atoms with Crippen LogP contribution in [0.4, 0.5) is 5.82 Å². The molecule has 0 amide bonds. The topological polar surface area (TPSA) is 57.9 Å². The van der Waals surface area contributed by atoms with Gasteiger partial charge in [-0.25, -0.2) is 4.57 Å². The molecule has 0 spiro atoms. The number of aromatic nitrogens is 4. The summed E-state index contributed by atoms with van der Waals surface area (Å²) in [5, 5.41) is 0. The molecule has 33 heavy (non-hydrogen) atoms. The number of nitrogens with zero attached hydrogens (tertiary/aromatic N) is 5. The maximum absolute atomic E-state index is 4.96. The van der Waals surface area contributed by atoms with Crippen LogP contribution in [0.2, 0.25) is 0 Å². The van der Waals surface area contributed by atoms with Crippen LogP contribution in [0.5, 0.6) is 0 Å². The lowest BCUT2D eigenvalue weighted by Crippen LogP contribution is -2.26. The Morgan fingerprint density at radius 2 is 1.67 bits per heavy atom. The molecule has 0 bridgehead atoms. The molecule has 0 fully saturated rings. The molecule has 0 aliphatic heterocycles. The van der Waals surface area contributed by atoms with Gasteiger partial charge in [0.1, 0.15) is 0 Å². The molecular weight excluding hydrogens is 410 g/mol. The average molecular weight is 458 g/mol. The Morgan fingerprint density at radius 3 is 2.30 bits per heavy atom. The summed E-state index contributed by atoms with van der Waals surface area (Å²) in [6, 6.07) is 0. The Morgan fingerprint density at radius 1 is 1.03 bits per heavy atom. The lowest BCUT2D eigenvalue weighted by molar-refractivity contribution is -0.647. The van der Waals surface area contributed by atoms with Gasteiger partial charge in [0.2, 0.25) is 0 Å². The molecule has 2 aromatic rings. The van der Waals surface area contributed by atoms with E-state index in [0.717, 1.165) is 41.9 Å². The van der Waals surface area contributed by atoms with Crippen LogP contribution < -0.4 is 4.57 Å². The second kappa shape index (κ2) is 14.3. The van der Waals surface area contributed by atoms with Crippen molar-refractivity contribution in [2.45, 2.75) is 99.0 Å². The van der Waals surface area contributed by atoms with Crippen molar-refractivity contribution >= 4 is 17.0 Å². The van der Waals surface area contributed by atoms with E-state index in [1.54, 1.807) is 7.11 Å². The number of fused-ring (bicyclic) bond motifs is 1. The molecular formula is C27H47N5O. The smallest absolute Gasteiger partial charge is 0.300 e. The molecule has 186 valence electrons. The van der Waals surface area contributed by atoms with Crippen molar-refractivity contribution in [3.63, 3.8) is 0 Å². The highest BCUT2D eigenvalue weighted by Gasteiger charge is 2.14. The van der Waals surface area contributed by atoms with Gasteiger partial charge >= 0.3 is 5.65 Å². The van der Waals surface area contributed by atoms with Crippen molar-refractivity contribution in [3.05, 3.63) is 29.8 Å². The molecule has 0 aromatic carbocycles. The molecule has 2 aromatic heterocycles. The van der Waals surface area contributed by atoms with E-state index in [1.165, 1.54) is 63.3 Å². The van der Waals surface area contributed by atoms with E-state index in [2.05, 4.69) is 60.7 Å². The van der Waals surface area contributed by atoms with E-state index >= 15 is 0 Å². The predicted molar refractivity (Wildman–Crippen MR) is 137 cm³/mol. The predicted octanol–water partition coefficient (Wildman–Crippen LogP) is 7.21. The quantitative estimate of drug-likeness (QED) is 0.152. The summed E-state index contributed by atoms with van der Waals surface area (Å²) in [6.07, 6.45) is 18.0. The van der Waals surface area contributed by atoms with Gasteiger partial charge in [0.15, 0.2) is 11.8 Å². The Bertz CT molecular complexity index is 858. The maximum Gasteiger partial charge on any atom is 0.300 e. The molecule has 0 aliphatic rings. The Hall–Kier alpha value is -1.95. The number of allylic oxidation sites excluding steroid dienone is 2. The van der Waals surface area contributed by atoms with Gasteiger partial charge in [-0.3, -0.25) is 4.57 Å². The highest BCUT2D eigenvalue weighted by Crippen LogP contribution is 2.25. The minimum atomic E-state index is 0.567. The number of imidazole rings is 1. The molecule has 0 aliphatic carbocycles. The SMILES string of the molecule is CO[N-]c1ncnc2c1n(C/C=C(\C)CCCC(C)CCCC(C)CCCC(C)C)c[n+]2C. The summed E-state index contributed by atoms with van der Waals surface area (Å²) >= 11 is 0. The lowest BCUT2D eigenvalue weighted by atomic mass is 9.91. The van der Waals surface area contributed by atoms with Gasteiger partial charge in [-0.05, 0) is 37.5 Å². The van der Waals surface area contributed by atoms with Crippen molar-refractivity contribution in [3.8, 4) is 0 Å². The van der Waals surface area contributed by atoms with Gasteiger partial charge in [0.05, 0.1) is 19.9 Å². The van der Waals surface area contributed by atoms with Crippen molar-refractivity contribution in [2.75, 3.05) is 7.11 Å². The maximum atomic E-state index is 4.96. The number of rotatable bonds is 16. The first kappa shape index (κ1) is 27.3. The zero-order valence-electron chi connectivity index (χ0n) is 22.2. The molecule has 6 heteroatoms. The third-order valence-electron chi connectivity index (χ3n) is 6.67. The fourth-order valence-corrected chi connectivity index (χ4v) is 4.55. The summed E-state index contributed by atoms with van der Waals surface area (Å²) < 4.78 is 4.14. The van der Waals surface area contributed by atoms with Crippen LogP contribution in [-0.2, 0) is 18.4 Å². The van der Waals surface area contributed by atoms with Crippen molar-refractivity contribution in [1.29, 1.82) is 0 Å². The summed E-state index contributed by atoms with van der Waals surface area (Å²) in [5.74, 6) is 3.12. The fraction of sp³-hybridized carbons (Fsp3) is 0.741. The van der Waals surface area contributed by atoms with Gasteiger partial charge in [-0.1, -0.05) is 84.3 Å². The molecule has 2 rings (SSSR count). The highest BCUT2D eigenvalue weighted by atomic mass is 16.6. The summed E-state index contributed by atoms with van der Waals surface area (Å²) in [5.41, 5.74) is 7.25. The van der Waals surface area contributed by atoms with Crippen molar-refractivity contribution < 1.29 is 9.40 Å². The van der Waals surface area contributed by atoms with Crippen molar-refractivity contribution in [2.24, 2.45) is 24.8 Å². The third kappa shape index (κ3) is 9.44. The van der Waals surface area contributed by atoms with Crippen LogP contribution in [0.1, 0.15) is 92.4 Å². The van der Waals surface area contributed by atoms with Crippen LogP contribution >= 0.6 is 0 Å². The van der Waals surface area contributed by atoms with Crippen LogP contribution in [0, 0.1) is 17.8 Å². The first-order valence-electron chi connectivity index (χ1n) is 12.9. The van der Waals surface area contributed by atoms with Crippen molar-refractivity contribution in [1.82, 2.24) is 14.5 Å². The van der Waals surface area contributed by atoms with Gasteiger partial charge in [0.25, 0.3) is 0 Å². The van der Waals surface area contributed by atoms with E-state index in [-0.39, 0.29) is 0 Å². The number of hydrogen-bond donors (Lipinski definition) is 0. The number of hydrogen-bond acceptors (Lipinski definition) is 3. The molecule has 6 nitrogen and oxygen atoms in total. The van der Waals surface area contributed by atoms with E-state index in [4.69, 9.17) is 4.84 Å². The molecule has 0 N–H and O–H groups in total. The second-order valence-electron chi connectivity index (χ2n) is 10.4. The first-order chi connectivity index (χ1) is 15.8. The minimum absolute atomic E-state index is 0.567. The van der Waals surface area contributed by atoms with Crippen LogP contribution in [-0.4, -0.2) is 21.6 Å². The molecule has 0 saturated heterocycles. The molecule has 0 radical (unpaired) electrons. The Kier molecular flexibility index (Phi) is 11.9. The Balaban J connectivity index is 1.72. The summed E-state index contributed by atoms with van der Waals surface area (Å²) in [4.78, 5) is 13.6. The molecule has 2 unspecified atom stereocenters. The van der Waals surface area contributed by atoms with Gasteiger partial charge in [-0.15, -0.1) is 4.98 Å². The zero-order chi connectivity index (χ0) is 24.2. The fourth-order valence-electron chi connectivity index (χ4n) is 4.55. The summed E-state index contributed by atoms with van der Waals surface area (Å²) in [7, 11) is 3.54. The van der Waals surface area contributed by atoms with E-state index < -0.39 is 0 Å². The van der Waals surface area contributed by atoms with E-state index in [0.29, 0.717) is 5.82 Å². The highest BCUT2D eigenvalue weighted by molar-refractivity contribution is 5.81. The second-order valence-corrected chi connectivity index (χ2v) is 10.4. The van der Waals surface area contributed by atoms with Crippen LogP contribution in [0.15, 0.2) is 24.3 Å². The van der Waals surface area contributed by atoms with Gasteiger partial charge in [0, 0.05) is 12.9 Å². The third-order valence-corrected chi connectivity index (χ3v) is 6.67. The Labute approximate surface area is 201 Å². The van der Waals surface area contributed by atoms with E-state index in [1.807, 2.05) is 17.9 Å². The minimum Gasteiger partial charge on any atom is -0.407 e. The molecule has 2 atom stereocenters. The van der Waals surface area contributed by atoms with E-state index in [9.17, 15) is 0 Å². The monoisotopic (exact) mass is 457 g/mol. The first-order valence-corrected chi connectivity index (χ1v) is 12.9. The lowest BCUT2D eigenvalue weighted by Gasteiger charge is -2.15. The van der Waals surface area contributed by atoms with Crippen LogP contribution in [0.3, 0.4) is 0 Å². The molecule has 0 saturated carbocycles. The summed E-state index contributed by atoms with van der Waals surface area (Å²) in [6.45, 7) is 12.5. The zero-order valence-corrected chi connectivity index (χ0v) is 22.2.